The van der Waals surface area contributed by atoms with Gasteiger partial charge in [-0.2, -0.15) is 16.6 Å². The van der Waals surface area contributed by atoms with E-state index in [0.29, 0.717) is 6.42 Å². The molecule has 0 bridgehead atoms. The van der Waals surface area contributed by atoms with Crippen molar-refractivity contribution >= 4 is 11.3 Å². The van der Waals surface area contributed by atoms with Crippen molar-refractivity contribution in [2.45, 2.75) is 25.5 Å². The Bertz CT molecular complexity index is 541. The van der Waals surface area contributed by atoms with Crippen LogP contribution in [0.3, 0.4) is 0 Å². The van der Waals surface area contributed by atoms with E-state index in [1.807, 2.05) is 42.6 Å². The summed E-state index contributed by atoms with van der Waals surface area (Å²) in [6.07, 6.45) is 0.273. The topological polar surface area (TPSA) is 59.0 Å². The molecular weight excluding hydrogens is 256 g/mol. The standard InChI is InChI=1S/C15H16N2OS/c1-11(17)15(13-7-9-19-10-13)18-14-4-2-12(3-5-14)6-8-16/h2-5,7,9-11,15H,6,17H2,1H3. The minimum absolute atomic E-state index is 0.0895. The number of hydrogen-bond donors (Lipinski definition) is 1. The van der Waals surface area contributed by atoms with Crippen LogP contribution in [0.2, 0.25) is 0 Å². The van der Waals surface area contributed by atoms with Crippen LogP contribution in [-0.2, 0) is 6.42 Å². The first-order valence-electron chi connectivity index (χ1n) is 6.11. The van der Waals surface area contributed by atoms with E-state index in [9.17, 15) is 0 Å². The highest BCUT2D eigenvalue weighted by Gasteiger charge is 2.18. The maximum absolute atomic E-state index is 8.64. The molecule has 2 N–H and O–H groups in total. The molecule has 0 aliphatic heterocycles. The van der Waals surface area contributed by atoms with Crippen molar-refractivity contribution in [1.29, 1.82) is 5.26 Å². The molecule has 3 nitrogen and oxygen atoms in total. The molecule has 4 heteroatoms. The molecule has 2 rings (SSSR count). The lowest BCUT2D eigenvalue weighted by Gasteiger charge is -2.21. The molecule has 1 heterocycles. The predicted molar refractivity (Wildman–Crippen MR) is 77.1 cm³/mol. The third-order valence-corrected chi connectivity index (χ3v) is 3.52. The lowest BCUT2D eigenvalue weighted by molar-refractivity contribution is 0.181. The number of nitrogens with two attached hydrogens (primary N) is 1. The highest BCUT2D eigenvalue weighted by Crippen LogP contribution is 2.26. The van der Waals surface area contributed by atoms with Crippen LogP contribution in [0.4, 0.5) is 0 Å². The summed E-state index contributed by atoms with van der Waals surface area (Å²) in [5.74, 6) is 0.773. The number of rotatable bonds is 5. The van der Waals surface area contributed by atoms with Crippen molar-refractivity contribution in [3.63, 3.8) is 0 Å². The second-order valence-electron chi connectivity index (χ2n) is 4.43. The predicted octanol–water partition coefficient (Wildman–Crippen LogP) is 3.28. The SMILES string of the molecule is CC(N)C(Oc1ccc(CC#N)cc1)c1ccsc1. The van der Waals surface area contributed by atoms with Crippen LogP contribution in [0, 0.1) is 11.3 Å². The summed E-state index contributed by atoms with van der Waals surface area (Å²) >= 11 is 1.63. The van der Waals surface area contributed by atoms with E-state index in [2.05, 4.69) is 11.4 Å². The molecule has 0 fully saturated rings. The molecule has 0 saturated heterocycles. The van der Waals surface area contributed by atoms with E-state index >= 15 is 0 Å². The van der Waals surface area contributed by atoms with Crippen LogP contribution in [0.5, 0.6) is 5.75 Å². The molecule has 1 aromatic carbocycles. The van der Waals surface area contributed by atoms with Crippen LogP contribution < -0.4 is 10.5 Å². The Kier molecular flexibility index (Phi) is 4.56. The fraction of sp³-hybridized carbons (Fsp3) is 0.267. The van der Waals surface area contributed by atoms with Gasteiger partial charge in [-0.25, -0.2) is 0 Å². The quantitative estimate of drug-likeness (QED) is 0.908. The summed E-state index contributed by atoms with van der Waals surface area (Å²) in [6.45, 7) is 1.94. The smallest absolute Gasteiger partial charge is 0.139 e. The average molecular weight is 272 g/mol. The number of ether oxygens (including phenoxy) is 1. The van der Waals surface area contributed by atoms with Crippen molar-refractivity contribution in [2.75, 3.05) is 0 Å². The summed E-state index contributed by atoms with van der Waals surface area (Å²) in [4.78, 5) is 0. The van der Waals surface area contributed by atoms with Crippen molar-refractivity contribution in [2.24, 2.45) is 5.73 Å². The Balaban J connectivity index is 2.12. The Labute approximate surface area is 117 Å². The van der Waals surface area contributed by atoms with Gasteiger partial charge in [-0.1, -0.05) is 12.1 Å². The van der Waals surface area contributed by atoms with Crippen LogP contribution in [0.1, 0.15) is 24.2 Å². The molecule has 2 atom stereocenters. The lowest BCUT2D eigenvalue weighted by atomic mass is 10.1. The van der Waals surface area contributed by atoms with Crippen LogP contribution in [0.15, 0.2) is 41.1 Å². The third-order valence-electron chi connectivity index (χ3n) is 2.82. The van der Waals surface area contributed by atoms with Gasteiger partial charge in [0.05, 0.1) is 12.5 Å². The number of hydrogen-bond acceptors (Lipinski definition) is 4. The molecule has 0 radical (unpaired) electrons. The Morgan fingerprint density at radius 2 is 2.05 bits per heavy atom. The maximum atomic E-state index is 8.64. The van der Waals surface area contributed by atoms with Gasteiger partial charge in [-0.3, -0.25) is 0 Å². The van der Waals surface area contributed by atoms with E-state index < -0.39 is 0 Å². The van der Waals surface area contributed by atoms with Crippen molar-refractivity contribution in [3.8, 4) is 11.8 Å². The van der Waals surface area contributed by atoms with Crippen LogP contribution >= 0.6 is 11.3 Å². The van der Waals surface area contributed by atoms with E-state index in [1.165, 1.54) is 0 Å². The summed E-state index contributed by atoms with van der Waals surface area (Å²) in [5.41, 5.74) is 8.08. The highest BCUT2D eigenvalue weighted by atomic mass is 32.1. The lowest BCUT2D eigenvalue weighted by Crippen LogP contribution is -2.28. The molecule has 0 saturated carbocycles. The van der Waals surface area contributed by atoms with E-state index in [-0.39, 0.29) is 12.1 Å². The molecule has 2 unspecified atom stereocenters. The largest absolute Gasteiger partial charge is 0.484 e. The van der Waals surface area contributed by atoms with Gasteiger partial charge in [-0.15, -0.1) is 0 Å². The monoisotopic (exact) mass is 272 g/mol. The zero-order chi connectivity index (χ0) is 13.7. The molecule has 0 aliphatic carbocycles. The highest BCUT2D eigenvalue weighted by molar-refractivity contribution is 7.07. The normalized spacial score (nSPS) is 13.5. The van der Waals surface area contributed by atoms with Gasteiger partial charge in [0, 0.05) is 11.6 Å². The number of benzene rings is 1. The Morgan fingerprint density at radius 1 is 1.32 bits per heavy atom. The summed E-state index contributed by atoms with van der Waals surface area (Å²) < 4.78 is 5.95. The van der Waals surface area contributed by atoms with E-state index in [4.69, 9.17) is 15.7 Å². The van der Waals surface area contributed by atoms with Crippen molar-refractivity contribution < 1.29 is 4.74 Å². The first kappa shape index (κ1) is 13.6. The minimum atomic E-state index is -0.145. The molecule has 0 aliphatic rings. The summed E-state index contributed by atoms with van der Waals surface area (Å²) in [5, 5.41) is 12.7. The molecular formula is C15H16N2OS. The zero-order valence-electron chi connectivity index (χ0n) is 10.7. The van der Waals surface area contributed by atoms with Crippen LogP contribution in [-0.4, -0.2) is 6.04 Å². The van der Waals surface area contributed by atoms with Gasteiger partial charge >= 0.3 is 0 Å². The molecule has 0 amide bonds. The van der Waals surface area contributed by atoms with Crippen molar-refractivity contribution in [3.05, 3.63) is 52.2 Å². The first-order valence-corrected chi connectivity index (χ1v) is 7.05. The average Bonchev–Trinajstić information content (AvgIpc) is 2.91. The fourth-order valence-corrected chi connectivity index (χ4v) is 2.52. The molecule has 2 aromatic rings. The van der Waals surface area contributed by atoms with E-state index in [0.717, 1.165) is 16.9 Å². The fourth-order valence-electron chi connectivity index (χ4n) is 1.84. The van der Waals surface area contributed by atoms with Crippen LogP contribution in [0.25, 0.3) is 0 Å². The molecule has 98 valence electrons. The van der Waals surface area contributed by atoms with Gasteiger partial charge in [0.1, 0.15) is 11.9 Å². The minimum Gasteiger partial charge on any atom is -0.484 e. The van der Waals surface area contributed by atoms with Gasteiger partial charge in [0.15, 0.2) is 0 Å². The maximum Gasteiger partial charge on any atom is 0.139 e. The zero-order valence-corrected chi connectivity index (χ0v) is 11.6. The van der Waals surface area contributed by atoms with Crippen molar-refractivity contribution in [1.82, 2.24) is 0 Å². The Hall–Kier alpha value is -1.83. The third kappa shape index (κ3) is 3.57. The number of thiophene rings is 1. The second-order valence-corrected chi connectivity index (χ2v) is 5.21. The first-order chi connectivity index (χ1) is 9.20. The van der Waals surface area contributed by atoms with Gasteiger partial charge in [-0.05, 0) is 41.4 Å². The summed E-state index contributed by atoms with van der Waals surface area (Å²) in [7, 11) is 0. The second kappa shape index (κ2) is 6.37. The van der Waals surface area contributed by atoms with Gasteiger partial charge in [0.2, 0.25) is 0 Å². The number of nitriles is 1. The molecule has 0 spiro atoms. The molecule has 19 heavy (non-hydrogen) atoms. The Morgan fingerprint density at radius 3 is 2.58 bits per heavy atom. The van der Waals surface area contributed by atoms with Gasteiger partial charge < -0.3 is 10.5 Å². The van der Waals surface area contributed by atoms with E-state index in [1.54, 1.807) is 11.3 Å². The number of nitrogens with zero attached hydrogens (tertiary/aromatic N) is 1. The summed E-state index contributed by atoms with van der Waals surface area (Å²) in [6, 6.07) is 11.6. The van der Waals surface area contributed by atoms with Gasteiger partial charge in [0.25, 0.3) is 0 Å². The molecule has 1 aromatic heterocycles.